The Bertz CT molecular complexity index is 149. The number of aliphatic hydroxyl groups excluding tert-OH is 1. The van der Waals surface area contributed by atoms with Crippen molar-refractivity contribution in [1.29, 1.82) is 0 Å². The molecule has 11 heavy (non-hydrogen) atoms. The van der Waals surface area contributed by atoms with E-state index in [0.717, 1.165) is 6.42 Å². The third kappa shape index (κ3) is 2.06. The van der Waals surface area contributed by atoms with Crippen LogP contribution in [0.4, 0.5) is 0 Å². The molecular formula is C10H18O. The molecule has 1 heteroatoms. The van der Waals surface area contributed by atoms with E-state index in [0.29, 0.717) is 17.8 Å². The van der Waals surface area contributed by atoms with Crippen molar-refractivity contribution in [2.45, 2.75) is 33.3 Å². The standard InChI is InChI=1S/C10H18O/c1-7(2)10-5-4-9(11)6-8(10)3/h4-5,7-11H,6H2,1-3H3. The van der Waals surface area contributed by atoms with Gasteiger partial charge in [0.15, 0.2) is 0 Å². The van der Waals surface area contributed by atoms with Crippen LogP contribution < -0.4 is 0 Å². The summed E-state index contributed by atoms with van der Waals surface area (Å²) in [6.07, 6.45) is 4.84. The molecule has 0 amide bonds. The molecule has 0 aromatic rings. The monoisotopic (exact) mass is 154 g/mol. The summed E-state index contributed by atoms with van der Waals surface area (Å²) < 4.78 is 0. The molecule has 1 rings (SSSR count). The van der Waals surface area contributed by atoms with Crippen LogP contribution in [0.15, 0.2) is 12.2 Å². The van der Waals surface area contributed by atoms with Crippen LogP contribution in [0.3, 0.4) is 0 Å². The molecule has 0 aliphatic heterocycles. The van der Waals surface area contributed by atoms with Crippen molar-refractivity contribution in [1.82, 2.24) is 0 Å². The van der Waals surface area contributed by atoms with Crippen molar-refractivity contribution < 1.29 is 5.11 Å². The largest absolute Gasteiger partial charge is 0.389 e. The minimum atomic E-state index is -0.194. The first kappa shape index (κ1) is 8.79. The lowest BCUT2D eigenvalue weighted by atomic mass is 9.78. The summed E-state index contributed by atoms with van der Waals surface area (Å²) in [6, 6.07) is 0. The molecule has 1 N–H and O–H groups in total. The van der Waals surface area contributed by atoms with Gasteiger partial charge in [0.25, 0.3) is 0 Å². The maximum absolute atomic E-state index is 9.29. The van der Waals surface area contributed by atoms with Gasteiger partial charge in [0.05, 0.1) is 6.10 Å². The second-order valence-electron chi connectivity index (χ2n) is 3.99. The van der Waals surface area contributed by atoms with Crippen LogP contribution in [0.2, 0.25) is 0 Å². The third-order valence-corrected chi connectivity index (χ3v) is 2.60. The molecule has 0 aromatic carbocycles. The van der Waals surface area contributed by atoms with E-state index in [4.69, 9.17) is 0 Å². The third-order valence-electron chi connectivity index (χ3n) is 2.60. The summed E-state index contributed by atoms with van der Waals surface area (Å²) in [5.41, 5.74) is 0. The van der Waals surface area contributed by atoms with E-state index < -0.39 is 0 Å². The van der Waals surface area contributed by atoms with Gasteiger partial charge in [-0.25, -0.2) is 0 Å². The fourth-order valence-corrected chi connectivity index (χ4v) is 1.94. The number of rotatable bonds is 1. The highest BCUT2D eigenvalue weighted by Crippen LogP contribution is 2.29. The Hall–Kier alpha value is -0.300. The van der Waals surface area contributed by atoms with E-state index in [1.807, 2.05) is 6.08 Å². The second kappa shape index (κ2) is 3.40. The smallest absolute Gasteiger partial charge is 0.0723 e. The van der Waals surface area contributed by atoms with Crippen LogP contribution in [-0.4, -0.2) is 11.2 Å². The molecule has 0 saturated carbocycles. The fraction of sp³-hybridized carbons (Fsp3) is 0.800. The Kier molecular flexibility index (Phi) is 2.72. The SMILES string of the molecule is CC(C)C1C=CC(O)CC1C. The lowest BCUT2D eigenvalue weighted by Gasteiger charge is -2.29. The topological polar surface area (TPSA) is 20.2 Å². The molecule has 64 valence electrons. The zero-order valence-corrected chi connectivity index (χ0v) is 7.62. The number of aliphatic hydroxyl groups is 1. The van der Waals surface area contributed by atoms with E-state index in [1.54, 1.807) is 0 Å². The Morgan fingerprint density at radius 3 is 2.45 bits per heavy atom. The van der Waals surface area contributed by atoms with Crippen LogP contribution in [-0.2, 0) is 0 Å². The van der Waals surface area contributed by atoms with E-state index in [2.05, 4.69) is 26.8 Å². The zero-order chi connectivity index (χ0) is 8.43. The van der Waals surface area contributed by atoms with Crippen LogP contribution in [0, 0.1) is 17.8 Å². The average Bonchev–Trinajstić information content (AvgIpc) is 1.85. The molecule has 0 heterocycles. The molecule has 0 saturated heterocycles. The molecule has 0 radical (unpaired) electrons. The average molecular weight is 154 g/mol. The van der Waals surface area contributed by atoms with Gasteiger partial charge >= 0.3 is 0 Å². The Morgan fingerprint density at radius 1 is 1.36 bits per heavy atom. The molecule has 0 aromatic heterocycles. The van der Waals surface area contributed by atoms with E-state index in [9.17, 15) is 5.11 Å². The van der Waals surface area contributed by atoms with Crippen LogP contribution in [0.1, 0.15) is 27.2 Å². The maximum Gasteiger partial charge on any atom is 0.0723 e. The normalized spacial score (nSPS) is 38.1. The van der Waals surface area contributed by atoms with E-state index in [1.165, 1.54) is 0 Å². The van der Waals surface area contributed by atoms with E-state index >= 15 is 0 Å². The first-order valence-corrected chi connectivity index (χ1v) is 4.47. The van der Waals surface area contributed by atoms with E-state index in [-0.39, 0.29) is 6.10 Å². The van der Waals surface area contributed by atoms with Crippen molar-refractivity contribution in [3.8, 4) is 0 Å². The molecular weight excluding hydrogens is 136 g/mol. The minimum absolute atomic E-state index is 0.194. The molecule has 0 spiro atoms. The summed E-state index contributed by atoms with van der Waals surface area (Å²) in [4.78, 5) is 0. The molecule has 1 aliphatic rings. The van der Waals surface area contributed by atoms with Gasteiger partial charge in [-0.05, 0) is 24.2 Å². The predicted molar refractivity (Wildman–Crippen MR) is 47.3 cm³/mol. The molecule has 3 atom stereocenters. The first-order valence-electron chi connectivity index (χ1n) is 4.47. The highest BCUT2D eigenvalue weighted by molar-refractivity contribution is 5.01. The van der Waals surface area contributed by atoms with Crippen molar-refractivity contribution in [3.05, 3.63) is 12.2 Å². The highest BCUT2D eigenvalue weighted by atomic mass is 16.3. The van der Waals surface area contributed by atoms with Gasteiger partial charge in [-0.15, -0.1) is 0 Å². The lowest BCUT2D eigenvalue weighted by Crippen LogP contribution is -2.24. The number of hydrogen-bond donors (Lipinski definition) is 1. The Labute approximate surface area is 69.1 Å². The summed E-state index contributed by atoms with van der Waals surface area (Å²) >= 11 is 0. The van der Waals surface area contributed by atoms with Gasteiger partial charge in [0, 0.05) is 0 Å². The van der Waals surface area contributed by atoms with Gasteiger partial charge in [0.1, 0.15) is 0 Å². The van der Waals surface area contributed by atoms with Gasteiger partial charge in [-0.2, -0.15) is 0 Å². The molecule has 0 fully saturated rings. The zero-order valence-electron chi connectivity index (χ0n) is 7.62. The quantitative estimate of drug-likeness (QED) is 0.574. The van der Waals surface area contributed by atoms with Gasteiger partial charge in [-0.1, -0.05) is 32.9 Å². The predicted octanol–water partition coefficient (Wildman–Crippen LogP) is 2.22. The Balaban J connectivity index is 2.61. The van der Waals surface area contributed by atoms with Crippen molar-refractivity contribution in [3.63, 3.8) is 0 Å². The maximum atomic E-state index is 9.29. The lowest BCUT2D eigenvalue weighted by molar-refractivity contribution is 0.153. The summed E-state index contributed by atoms with van der Waals surface area (Å²) in [5, 5.41) is 9.29. The van der Waals surface area contributed by atoms with Crippen LogP contribution >= 0.6 is 0 Å². The van der Waals surface area contributed by atoms with Crippen molar-refractivity contribution >= 4 is 0 Å². The summed E-state index contributed by atoms with van der Waals surface area (Å²) in [5.74, 6) is 2.00. The van der Waals surface area contributed by atoms with Crippen molar-refractivity contribution in [2.24, 2.45) is 17.8 Å². The van der Waals surface area contributed by atoms with Gasteiger partial charge in [-0.3, -0.25) is 0 Å². The molecule has 3 unspecified atom stereocenters. The van der Waals surface area contributed by atoms with Crippen LogP contribution in [0.25, 0.3) is 0 Å². The van der Waals surface area contributed by atoms with Gasteiger partial charge in [0.2, 0.25) is 0 Å². The minimum Gasteiger partial charge on any atom is -0.389 e. The second-order valence-corrected chi connectivity index (χ2v) is 3.99. The molecule has 1 nitrogen and oxygen atoms in total. The molecule has 1 aliphatic carbocycles. The summed E-state index contributed by atoms with van der Waals surface area (Å²) in [6.45, 7) is 6.70. The van der Waals surface area contributed by atoms with Crippen LogP contribution in [0.5, 0.6) is 0 Å². The first-order chi connectivity index (χ1) is 5.11. The van der Waals surface area contributed by atoms with Gasteiger partial charge < -0.3 is 5.11 Å². The summed E-state index contributed by atoms with van der Waals surface area (Å²) in [7, 11) is 0. The number of hydrogen-bond acceptors (Lipinski definition) is 1. The Morgan fingerprint density at radius 2 is 2.00 bits per heavy atom. The van der Waals surface area contributed by atoms with Crippen molar-refractivity contribution in [2.75, 3.05) is 0 Å². The highest BCUT2D eigenvalue weighted by Gasteiger charge is 2.23. The fourth-order valence-electron chi connectivity index (χ4n) is 1.94. The number of allylic oxidation sites excluding steroid dienone is 1. The molecule has 0 bridgehead atoms.